The van der Waals surface area contributed by atoms with Gasteiger partial charge in [0.15, 0.2) is 0 Å². The van der Waals surface area contributed by atoms with Crippen molar-refractivity contribution in [2.45, 2.75) is 18.9 Å². The summed E-state index contributed by atoms with van der Waals surface area (Å²) in [5.74, 6) is 1.15. The van der Waals surface area contributed by atoms with Crippen LogP contribution in [0.4, 0.5) is 0 Å². The van der Waals surface area contributed by atoms with Gasteiger partial charge < -0.3 is 14.6 Å². The summed E-state index contributed by atoms with van der Waals surface area (Å²) in [6.07, 6.45) is 1.70. The van der Waals surface area contributed by atoms with Crippen LogP contribution in [0.25, 0.3) is 11.5 Å². The molecule has 6 nitrogen and oxygen atoms in total. The van der Waals surface area contributed by atoms with E-state index in [0.717, 1.165) is 15.5 Å². The quantitative estimate of drug-likeness (QED) is 0.824. The first-order valence-electron chi connectivity index (χ1n) is 6.65. The molecule has 1 saturated heterocycles. The number of rotatable bonds is 4. The lowest BCUT2D eigenvalue weighted by Crippen LogP contribution is -2.34. The van der Waals surface area contributed by atoms with Crippen molar-refractivity contribution in [1.29, 1.82) is 0 Å². The van der Waals surface area contributed by atoms with Gasteiger partial charge in [0, 0.05) is 21.2 Å². The molecule has 0 bridgehead atoms. The van der Waals surface area contributed by atoms with Crippen LogP contribution in [-0.4, -0.2) is 40.9 Å². The molecule has 1 fully saturated rings. The molecule has 1 aliphatic rings. The number of halogens is 2. The average molecular weight is 418 g/mol. The third-order valence-corrected chi connectivity index (χ3v) is 4.36. The van der Waals surface area contributed by atoms with Gasteiger partial charge in [0.2, 0.25) is 11.7 Å². The summed E-state index contributed by atoms with van der Waals surface area (Å²) in [7, 11) is 0. The first kappa shape index (κ1) is 15.1. The Morgan fingerprint density at radius 3 is 3.00 bits per heavy atom. The lowest BCUT2D eigenvalue weighted by atomic mass is 10.0. The fourth-order valence-electron chi connectivity index (χ4n) is 2.32. The third kappa shape index (κ3) is 3.18. The minimum absolute atomic E-state index is 0.0837. The Kier molecular flexibility index (Phi) is 4.68. The van der Waals surface area contributed by atoms with Crippen LogP contribution in [0, 0.1) is 0 Å². The molecule has 3 heterocycles. The highest BCUT2D eigenvalue weighted by molar-refractivity contribution is 9.11. The summed E-state index contributed by atoms with van der Waals surface area (Å²) in [6.45, 7) is 4.20. The molecule has 2 atom stereocenters. The Hall–Kier alpha value is -0.830. The van der Waals surface area contributed by atoms with E-state index >= 15 is 0 Å². The van der Waals surface area contributed by atoms with Gasteiger partial charge in [-0.1, -0.05) is 12.1 Å². The van der Waals surface area contributed by atoms with Gasteiger partial charge in [-0.3, -0.25) is 4.98 Å². The van der Waals surface area contributed by atoms with Crippen LogP contribution in [-0.2, 0) is 4.74 Å². The molecule has 8 heteroatoms. The summed E-state index contributed by atoms with van der Waals surface area (Å²) >= 11 is 6.83. The van der Waals surface area contributed by atoms with Crippen molar-refractivity contribution in [1.82, 2.24) is 20.4 Å². The Morgan fingerprint density at radius 1 is 1.38 bits per heavy atom. The Labute approximate surface area is 138 Å². The van der Waals surface area contributed by atoms with Crippen molar-refractivity contribution in [2.75, 3.05) is 19.8 Å². The first-order chi connectivity index (χ1) is 10.2. The molecule has 0 spiro atoms. The van der Waals surface area contributed by atoms with Gasteiger partial charge in [-0.25, -0.2) is 0 Å². The van der Waals surface area contributed by atoms with Crippen LogP contribution in [0.1, 0.15) is 18.7 Å². The second-order valence-corrected chi connectivity index (χ2v) is 6.52. The number of likely N-dealkylation sites (N-methyl/N-ethyl adjacent to an activating group) is 1. The van der Waals surface area contributed by atoms with E-state index in [1.165, 1.54) is 0 Å². The SMILES string of the molecule is CCNC1COCC1c1nc(-c2ncc(Br)cc2Br)no1. The van der Waals surface area contributed by atoms with Gasteiger partial charge in [0.05, 0.1) is 19.1 Å². The number of pyridine rings is 1. The fourth-order valence-corrected chi connectivity index (χ4v) is 3.49. The van der Waals surface area contributed by atoms with Gasteiger partial charge in [-0.2, -0.15) is 4.98 Å². The predicted molar refractivity (Wildman–Crippen MR) is 84.0 cm³/mol. The molecular formula is C13H14Br2N4O2. The zero-order valence-electron chi connectivity index (χ0n) is 11.3. The highest BCUT2D eigenvalue weighted by atomic mass is 79.9. The largest absolute Gasteiger partial charge is 0.379 e. The average Bonchev–Trinajstić information content (AvgIpc) is 3.07. The molecule has 0 radical (unpaired) electrons. The highest BCUT2D eigenvalue weighted by Gasteiger charge is 2.33. The van der Waals surface area contributed by atoms with Crippen molar-refractivity contribution < 1.29 is 9.26 Å². The van der Waals surface area contributed by atoms with Crippen LogP contribution in [0.5, 0.6) is 0 Å². The van der Waals surface area contributed by atoms with Crippen LogP contribution >= 0.6 is 31.9 Å². The fraction of sp³-hybridized carbons (Fsp3) is 0.462. The molecule has 0 aliphatic carbocycles. The van der Waals surface area contributed by atoms with E-state index in [-0.39, 0.29) is 12.0 Å². The molecule has 2 aromatic rings. The molecule has 0 amide bonds. The Morgan fingerprint density at radius 2 is 2.24 bits per heavy atom. The topological polar surface area (TPSA) is 73.1 Å². The van der Waals surface area contributed by atoms with Gasteiger partial charge in [-0.05, 0) is 44.5 Å². The van der Waals surface area contributed by atoms with Crippen LogP contribution < -0.4 is 5.32 Å². The van der Waals surface area contributed by atoms with Crippen molar-refractivity contribution >= 4 is 31.9 Å². The first-order valence-corrected chi connectivity index (χ1v) is 8.23. The van der Waals surface area contributed by atoms with Crippen molar-refractivity contribution in [3.63, 3.8) is 0 Å². The molecule has 3 rings (SSSR count). The lowest BCUT2D eigenvalue weighted by Gasteiger charge is -2.13. The van der Waals surface area contributed by atoms with Crippen molar-refractivity contribution in [2.24, 2.45) is 0 Å². The molecule has 112 valence electrons. The lowest BCUT2D eigenvalue weighted by molar-refractivity contribution is 0.185. The summed E-state index contributed by atoms with van der Waals surface area (Å²) in [6, 6.07) is 2.11. The van der Waals surface area contributed by atoms with E-state index in [4.69, 9.17) is 9.26 Å². The summed E-state index contributed by atoms with van der Waals surface area (Å²) < 4.78 is 12.6. The molecule has 2 aromatic heterocycles. The zero-order chi connectivity index (χ0) is 14.8. The normalized spacial score (nSPS) is 21.9. The molecule has 2 unspecified atom stereocenters. The minimum Gasteiger partial charge on any atom is -0.379 e. The highest BCUT2D eigenvalue weighted by Crippen LogP contribution is 2.29. The van der Waals surface area contributed by atoms with Gasteiger partial charge in [-0.15, -0.1) is 0 Å². The molecule has 0 saturated carbocycles. The van der Waals surface area contributed by atoms with Crippen LogP contribution in [0.2, 0.25) is 0 Å². The molecular weight excluding hydrogens is 404 g/mol. The van der Waals surface area contributed by atoms with E-state index in [2.05, 4.69) is 59.2 Å². The van der Waals surface area contributed by atoms with Gasteiger partial charge in [0.25, 0.3) is 0 Å². The summed E-state index contributed by atoms with van der Waals surface area (Å²) in [5, 5.41) is 7.42. The third-order valence-electron chi connectivity index (χ3n) is 3.33. The van der Waals surface area contributed by atoms with Gasteiger partial charge in [0.1, 0.15) is 5.69 Å². The minimum atomic E-state index is 0.0837. The smallest absolute Gasteiger partial charge is 0.234 e. The maximum atomic E-state index is 5.51. The van der Waals surface area contributed by atoms with E-state index in [1.54, 1.807) is 6.20 Å². The molecule has 0 aromatic carbocycles. The summed E-state index contributed by atoms with van der Waals surface area (Å²) in [5.41, 5.74) is 0.659. The van der Waals surface area contributed by atoms with E-state index in [0.29, 0.717) is 30.6 Å². The second kappa shape index (κ2) is 6.51. The van der Waals surface area contributed by atoms with Crippen molar-refractivity contribution in [3.8, 4) is 11.5 Å². The number of hydrogen-bond donors (Lipinski definition) is 1. The maximum Gasteiger partial charge on any atom is 0.234 e. The Balaban J connectivity index is 1.86. The number of nitrogens with one attached hydrogen (secondary N) is 1. The van der Waals surface area contributed by atoms with Crippen LogP contribution in [0.3, 0.4) is 0 Å². The standard InChI is InChI=1S/C13H14Br2N4O2/c1-2-16-10-6-20-5-8(10)13-18-12(19-21-13)11-9(15)3-7(14)4-17-11/h3-4,8,10,16H,2,5-6H2,1H3. The number of aromatic nitrogens is 3. The maximum absolute atomic E-state index is 5.51. The molecule has 1 N–H and O–H groups in total. The zero-order valence-corrected chi connectivity index (χ0v) is 14.5. The second-order valence-electron chi connectivity index (χ2n) is 4.75. The number of hydrogen-bond acceptors (Lipinski definition) is 6. The molecule has 21 heavy (non-hydrogen) atoms. The summed E-state index contributed by atoms with van der Waals surface area (Å²) in [4.78, 5) is 8.80. The predicted octanol–water partition coefficient (Wildman–Crippen LogP) is 2.75. The number of ether oxygens (including phenoxy) is 1. The monoisotopic (exact) mass is 416 g/mol. The van der Waals surface area contributed by atoms with E-state index in [9.17, 15) is 0 Å². The van der Waals surface area contributed by atoms with Crippen molar-refractivity contribution in [3.05, 3.63) is 27.1 Å². The van der Waals surface area contributed by atoms with Gasteiger partial charge >= 0.3 is 0 Å². The van der Waals surface area contributed by atoms with Crippen LogP contribution in [0.15, 0.2) is 25.7 Å². The molecule has 1 aliphatic heterocycles. The number of nitrogens with zero attached hydrogens (tertiary/aromatic N) is 3. The van der Waals surface area contributed by atoms with E-state index in [1.807, 2.05) is 6.07 Å². The van der Waals surface area contributed by atoms with E-state index < -0.39 is 0 Å². The Bertz CT molecular complexity index is 634.